The molecule has 5 aliphatic heterocycles. The zero-order valence-electron chi connectivity index (χ0n) is 46.9. The highest BCUT2D eigenvalue weighted by Crippen LogP contribution is 2.42. The summed E-state index contributed by atoms with van der Waals surface area (Å²) < 4.78 is 35.0. The van der Waals surface area contributed by atoms with Gasteiger partial charge >= 0.3 is 0 Å². The lowest BCUT2D eigenvalue weighted by Crippen LogP contribution is -2.57. The highest BCUT2D eigenvalue weighted by atomic mass is 16.5. The summed E-state index contributed by atoms with van der Waals surface area (Å²) in [5.41, 5.74) is 5.45. The Hall–Kier alpha value is -4.24. The number of nitrogens with one attached hydrogen (secondary N) is 4. The summed E-state index contributed by atoms with van der Waals surface area (Å²) in [7, 11) is 0. The van der Waals surface area contributed by atoms with Crippen LogP contribution < -0.4 is 39.5 Å². The Labute approximate surface area is 457 Å². The molecule has 0 amide bonds. The Balaban J connectivity index is 1.13. The number of rotatable bonds is 28. The minimum atomic E-state index is 0.114. The number of pyridine rings is 4. The Kier molecular flexibility index (Phi) is 22.0. The molecule has 0 saturated carbocycles. The minimum Gasteiger partial charge on any atom is -0.375 e. The van der Waals surface area contributed by atoms with Crippen LogP contribution in [-0.4, -0.2) is 101 Å². The summed E-state index contributed by atoms with van der Waals surface area (Å²) in [6.45, 7) is 18.3. The average molecular weight is 1040 g/mol. The third-order valence-corrected chi connectivity index (χ3v) is 17.3. The van der Waals surface area contributed by atoms with Crippen LogP contribution in [0.25, 0.3) is 0 Å². The lowest BCUT2D eigenvalue weighted by atomic mass is 9.85. The lowest BCUT2D eigenvalue weighted by molar-refractivity contribution is -0.707. The van der Waals surface area contributed by atoms with Gasteiger partial charge in [-0.2, -0.15) is 18.3 Å². The first-order valence-corrected chi connectivity index (χ1v) is 30.2. The Morgan fingerprint density at radius 2 is 0.592 bits per heavy atom. The third-order valence-electron chi connectivity index (χ3n) is 17.3. The molecule has 12 nitrogen and oxygen atoms in total. The maximum Gasteiger partial charge on any atom is 0.187 e. The second kappa shape index (κ2) is 29.7. The average Bonchev–Trinajstić information content (AvgIpc) is 4.32. The number of nitrogens with zero attached hydrogens (tertiary/aromatic N) is 4. The fourth-order valence-electron chi connectivity index (χ4n) is 13.4. The molecule has 3 saturated heterocycles. The molecule has 9 rings (SSSR count). The molecule has 4 aromatic heterocycles. The predicted molar refractivity (Wildman–Crippen MR) is 300 cm³/mol. The van der Waals surface area contributed by atoms with E-state index < -0.39 is 0 Å². The Morgan fingerprint density at radius 3 is 0.829 bits per heavy atom. The van der Waals surface area contributed by atoms with E-state index in [2.05, 4.69) is 189 Å². The number of aromatic nitrogens is 4. The van der Waals surface area contributed by atoms with Gasteiger partial charge in [-0.1, -0.05) is 102 Å². The largest absolute Gasteiger partial charge is 0.375 e. The zero-order chi connectivity index (χ0) is 52.3. The van der Waals surface area contributed by atoms with Gasteiger partial charge in [0.15, 0.2) is 73.7 Å². The summed E-state index contributed by atoms with van der Waals surface area (Å²) in [5.74, 6) is 0.704. The molecule has 9 heterocycles. The molecule has 3 fully saturated rings. The number of hydrogen-bond acceptors (Lipinski definition) is 8. The second-order valence-electron chi connectivity index (χ2n) is 22.4. The lowest BCUT2D eigenvalue weighted by Gasteiger charge is -2.35. The van der Waals surface area contributed by atoms with Crippen molar-refractivity contribution in [3.8, 4) is 0 Å². The smallest absolute Gasteiger partial charge is 0.187 e. The molecule has 0 aromatic carbocycles. The summed E-state index contributed by atoms with van der Waals surface area (Å²) >= 11 is 0. The number of unbranched alkanes of at least 4 members (excludes halogenated alkanes) is 4. The third kappa shape index (κ3) is 14.3. The van der Waals surface area contributed by atoms with Crippen molar-refractivity contribution in [1.29, 1.82) is 0 Å². The topological polar surface area (TPSA) is 101 Å². The molecule has 0 aliphatic carbocycles. The maximum atomic E-state index is 6.26. The fourth-order valence-corrected chi connectivity index (χ4v) is 13.4. The summed E-state index contributed by atoms with van der Waals surface area (Å²) in [5, 5.41) is 17.8. The molecule has 412 valence electrons. The van der Waals surface area contributed by atoms with Crippen molar-refractivity contribution in [1.82, 2.24) is 21.3 Å². The summed E-state index contributed by atoms with van der Waals surface area (Å²) in [6.07, 6.45) is 32.6. The SMILES string of the molecule is CCCCOCC[n+]1ccccc1C1C2C=CC(N2)C(c2cccc[n+]2CCOCCCC)C2CCC(N2)C(c2cccc[n+]2CCOCCCC)C2C=CC(N2)C(c2cccc[n+]2CCOCCCC)C2CCC1N2. The van der Waals surface area contributed by atoms with Crippen LogP contribution in [0.5, 0.6) is 0 Å². The van der Waals surface area contributed by atoms with Crippen LogP contribution in [0.1, 0.15) is 151 Å². The molecule has 12 atom stereocenters. The van der Waals surface area contributed by atoms with E-state index in [-0.39, 0.29) is 72.0 Å². The molecule has 76 heavy (non-hydrogen) atoms. The van der Waals surface area contributed by atoms with Crippen LogP contribution in [0.3, 0.4) is 0 Å². The van der Waals surface area contributed by atoms with Gasteiger partial charge in [0, 0.05) is 123 Å². The van der Waals surface area contributed by atoms with Gasteiger partial charge in [0.05, 0.1) is 23.7 Å². The van der Waals surface area contributed by atoms with Crippen molar-refractivity contribution in [2.24, 2.45) is 0 Å². The molecule has 8 bridgehead atoms. The predicted octanol–water partition coefficient (Wildman–Crippen LogP) is 7.59. The minimum absolute atomic E-state index is 0.114. The van der Waals surface area contributed by atoms with E-state index in [0.717, 1.165) is 130 Å². The van der Waals surface area contributed by atoms with Crippen LogP contribution in [-0.2, 0) is 45.1 Å². The van der Waals surface area contributed by atoms with Gasteiger partial charge in [0.25, 0.3) is 0 Å². The molecule has 4 N–H and O–H groups in total. The molecule has 4 aromatic rings. The number of hydrogen-bond donors (Lipinski definition) is 4. The first-order valence-electron chi connectivity index (χ1n) is 30.2. The molecule has 0 spiro atoms. The highest BCUT2D eigenvalue weighted by Gasteiger charge is 2.52. The van der Waals surface area contributed by atoms with Gasteiger partial charge in [-0.3, -0.25) is 0 Å². The van der Waals surface area contributed by atoms with E-state index in [4.69, 9.17) is 18.9 Å². The fraction of sp³-hybridized carbons (Fsp3) is 0.625. The molecule has 12 unspecified atom stereocenters. The monoisotopic (exact) mass is 1040 g/mol. The van der Waals surface area contributed by atoms with Gasteiger partial charge in [-0.15, -0.1) is 0 Å². The quantitative estimate of drug-likeness (QED) is 0.0263. The van der Waals surface area contributed by atoms with E-state index in [1.54, 1.807) is 0 Å². The van der Waals surface area contributed by atoms with Gasteiger partial charge < -0.3 is 40.2 Å². The van der Waals surface area contributed by atoms with Crippen molar-refractivity contribution in [3.05, 3.63) is 145 Å². The van der Waals surface area contributed by atoms with Crippen molar-refractivity contribution in [2.45, 2.75) is 203 Å². The first kappa shape index (κ1) is 56.5. The van der Waals surface area contributed by atoms with Crippen molar-refractivity contribution in [2.75, 3.05) is 52.9 Å². The van der Waals surface area contributed by atoms with Crippen molar-refractivity contribution < 1.29 is 37.2 Å². The van der Waals surface area contributed by atoms with Crippen LogP contribution in [0.15, 0.2) is 122 Å². The van der Waals surface area contributed by atoms with E-state index in [0.29, 0.717) is 26.4 Å². The second-order valence-corrected chi connectivity index (χ2v) is 22.4. The molecule has 5 aliphatic rings. The summed E-state index contributed by atoms with van der Waals surface area (Å²) in [4.78, 5) is 0. The van der Waals surface area contributed by atoms with Gasteiger partial charge in [0.2, 0.25) is 0 Å². The Morgan fingerprint density at radius 1 is 0.342 bits per heavy atom. The summed E-state index contributed by atoms with van der Waals surface area (Å²) in [6, 6.07) is 28.8. The molecule has 12 heteroatoms. The van der Waals surface area contributed by atoms with Crippen LogP contribution in [0.2, 0.25) is 0 Å². The standard InChI is InChI=1S/C64H96N8O4/c1-5-9-41-73-45-37-69-33-17-13-21-57(69)61-49-25-27-51(65-49)62(58-22-14-18-34-70(58)38-46-74-42-10-6-2)53-29-31-55(67-53)64(60-24-16-20-36-72(60)40-48-76-44-12-8-4)56-32-30-54(68-56)63(52-28-26-50(61)66-52)59-23-15-19-35-71(59)39-47-75-43-11-7-3/h13-25,27,30,32-36,49-56,61-68H,5-12,26,28-29,31,37-48H2,1-4H3/q+4. The van der Waals surface area contributed by atoms with E-state index in [9.17, 15) is 0 Å². The van der Waals surface area contributed by atoms with Gasteiger partial charge in [-0.05, 0) is 51.4 Å². The van der Waals surface area contributed by atoms with E-state index in [1.807, 2.05) is 0 Å². The van der Waals surface area contributed by atoms with Gasteiger partial charge in [-0.25, -0.2) is 0 Å². The van der Waals surface area contributed by atoms with Crippen LogP contribution in [0.4, 0.5) is 0 Å². The normalized spacial score (nSPS) is 27.9. The van der Waals surface area contributed by atoms with Crippen LogP contribution >= 0.6 is 0 Å². The molecular formula is C64H96N8O4+4. The maximum absolute atomic E-state index is 6.26. The number of ether oxygens (including phenoxy) is 4. The van der Waals surface area contributed by atoms with Gasteiger partial charge in [0.1, 0.15) is 26.4 Å². The van der Waals surface area contributed by atoms with Crippen molar-refractivity contribution >= 4 is 0 Å². The molecular weight excluding hydrogens is 945 g/mol. The van der Waals surface area contributed by atoms with Crippen LogP contribution in [0, 0.1) is 0 Å². The highest BCUT2D eigenvalue weighted by molar-refractivity contribution is 5.31. The van der Waals surface area contributed by atoms with Crippen molar-refractivity contribution in [3.63, 3.8) is 0 Å². The van der Waals surface area contributed by atoms with E-state index in [1.165, 1.54) is 22.8 Å². The Bertz CT molecular complexity index is 2090. The number of fused-ring (bicyclic) bond motifs is 8. The molecule has 0 radical (unpaired) electrons. The van der Waals surface area contributed by atoms with E-state index >= 15 is 0 Å². The first-order chi connectivity index (χ1) is 37.6. The zero-order valence-corrected chi connectivity index (χ0v) is 46.9.